The maximum Gasteiger partial charge on any atom is 0.00528 e. The molecule has 3 aliphatic carbocycles. The molecular formula is C27H31P. The molecule has 4 rings (SSSR count). The summed E-state index contributed by atoms with van der Waals surface area (Å²) in [6.07, 6.45) is 30.9. The summed E-state index contributed by atoms with van der Waals surface area (Å²) in [5, 5.41) is 3.03. The monoisotopic (exact) mass is 386 g/mol. The first-order chi connectivity index (χ1) is 13.6. The molecule has 28 heavy (non-hydrogen) atoms. The van der Waals surface area contributed by atoms with Gasteiger partial charge in [0.2, 0.25) is 0 Å². The van der Waals surface area contributed by atoms with Gasteiger partial charge in [-0.2, -0.15) is 0 Å². The average molecular weight is 387 g/mol. The smallest absolute Gasteiger partial charge is 0.00528 e. The van der Waals surface area contributed by atoms with Crippen molar-refractivity contribution in [3.8, 4) is 0 Å². The van der Waals surface area contributed by atoms with E-state index in [-0.39, 0.29) is 0 Å². The molecular weight excluding hydrogens is 355 g/mol. The largest absolute Gasteiger partial charge is 0.0932 e. The number of allylic oxidation sites excluding steroid dienone is 12. The molecule has 0 N–H and O–H groups in total. The average Bonchev–Trinajstić information content (AvgIpc) is 3.04. The van der Waals surface area contributed by atoms with Crippen molar-refractivity contribution in [3.63, 3.8) is 0 Å². The Hall–Kier alpha value is -2.04. The Morgan fingerprint density at radius 2 is 1.82 bits per heavy atom. The molecule has 144 valence electrons. The summed E-state index contributed by atoms with van der Waals surface area (Å²) < 4.78 is 0. The third-order valence-corrected chi connectivity index (χ3v) is 9.36. The van der Waals surface area contributed by atoms with Crippen LogP contribution in [0.2, 0.25) is 0 Å². The van der Waals surface area contributed by atoms with Gasteiger partial charge in [-0.25, -0.2) is 0 Å². The van der Waals surface area contributed by atoms with Crippen molar-refractivity contribution in [2.75, 3.05) is 6.66 Å². The lowest BCUT2D eigenvalue weighted by molar-refractivity contribution is 0.777. The molecule has 2 atom stereocenters. The maximum absolute atomic E-state index is 4.73. The minimum absolute atomic E-state index is 0.544. The van der Waals surface area contributed by atoms with Gasteiger partial charge >= 0.3 is 0 Å². The lowest BCUT2D eigenvalue weighted by Crippen LogP contribution is -2.04. The van der Waals surface area contributed by atoms with Gasteiger partial charge in [-0.05, 0) is 72.5 Å². The Balaban J connectivity index is 1.49. The highest BCUT2D eigenvalue weighted by molar-refractivity contribution is 7.80. The fourth-order valence-corrected chi connectivity index (χ4v) is 6.65. The zero-order valence-corrected chi connectivity index (χ0v) is 17.9. The van der Waals surface area contributed by atoms with E-state index in [1.54, 1.807) is 5.31 Å². The number of benzene rings is 1. The first-order valence-corrected chi connectivity index (χ1v) is 13.0. The highest BCUT2D eigenvalue weighted by Gasteiger charge is 2.22. The van der Waals surface area contributed by atoms with E-state index in [1.807, 2.05) is 0 Å². The van der Waals surface area contributed by atoms with E-state index >= 15 is 0 Å². The lowest BCUT2D eigenvalue weighted by Gasteiger charge is -2.30. The number of hydrogen-bond donors (Lipinski definition) is 0. The van der Waals surface area contributed by atoms with Gasteiger partial charge in [-0.3, -0.25) is 0 Å². The quantitative estimate of drug-likeness (QED) is 0.461. The Morgan fingerprint density at radius 1 is 0.964 bits per heavy atom. The molecule has 0 radical (unpaired) electrons. The maximum atomic E-state index is 4.73. The third-order valence-electron chi connectivity index (χ3n) is 6.25. The van der Waals surface area contributed by atoms with Crippen molar-refractivity contribution < 1.29 is 0 Å². The van der Waals surface area contributed by atoms with E-state index in [9.17, 15) is 0 Å². The van der Waals surface area contributed by atoms with Gasteiger partial charge in [-0.1, -0.05) is 92.1 Å². The molecule has 0 bridgehead atoms. The second-order valence-corrected chi connectivity index (χ2v) is 11.7. The van der Waals surface area contributed by atoms with E-state index in [0.29, 0.717) is 5.92 Å². The van der Waals surface area contributed by atoms with E-state index < -0.39 is 6.89 Å². The summed E-state index contributed by atoms with van der Waals surface area (Å²) in [6.45, 7) is 0.907. The van der Waals surface area contributed by atoms with Gasteiger partial charge in [0, 0.05) is 5.92 Å². The fraction of sp³-hybridized carbons (Fsp3) is 0.296. The minimum Gasteiger partial charge on any atom is -0.0932 e. The number of hydrogen-bond acceptors (Lipinski definition) is 0. The van der Waals surface area contributed by atoms with Crippen LogP contribution < -0.4 is 0 Å². The summed E-state index contributed by atoms with van der Waals surface area (Å²) in [5.41, 5.74) is 4.30. The van der Waals surface area contributed by atoms with Gasteiger partial charge in [0.05, 0.1) is 0 Å². The fourth-order valence-electron chi connectivity index (χ4n) is 4.39. The van der Waals surface area contributed by atoms with Gasteiger partial charge < -0.3 is 0 Å². The Labute approximate surface area is 170 Å². The van der Waals surface area contributed by atoms with Gasteiger partial charge in [-0.15, -0.1) is 0 Å². The van der Waals surface area contributed by atoms with Crippen LogP contribution in [0.15, 0.2) is 95.1 Å². The summed E-state index contributed by atoms with van der Waals surface area (Å²) >= 11 is 0. The van der Waals surface area contributed by atoms with E-state index in [2.05, 4.69) is 85.6 Å². The van der Waals surface area contributed by atoms with Gasteiger partial charge in [0.25, 0.3) is 0 Å². The zero-order valence-electron chi connectivity index (χ0n) is 17.0. The molecule has 0 saturated heterocycles. The summed E-state index contributed by atoms with van der Waals surface area (Å²) in [7, 11) is 0. The van der Waals surface area contributed by atoms with Crippen LogP contribution in [0.25, 0.3) is 5.57 Å². The lowest BCUT2D eigenvalue weighted by atomic mass is 9.91. The predicted molar refractivity (Wildman–Crippen MR) is 128 cm³/mol. The second-order valence-electron chi connectivity index (χ2n) is 8.28. The van der Waals surface area contributed by atoms with Crippen molar-refractivity contribution in [2.45, 2.75) is 38.5 Å². The second kappa shape index (κ2) is 8.54. The summed E-state index contributed by atoms with van der Waals surface area (Å²) in [6, 6.07) is 10.8. The first-order valence-electron chi connectivity index (χ1n) is 10.6. The van der Waals surface area contributed by atoms with Crippen molar-refractivity contribution in [3.05, 3.63) is 101 Å². The van der Waals surface area contributed by atoms with Crippen molar-refractivity contribution in [1.29, 1.82) is 0 Å². The van der Waals surface area contributed by atoms with Crippen molar-refractivity contribution in [1.82, 2.24) is 0 Å². The molecule has 1 aromatic rings. The highest BCUT2D eigenvalue weighted by Crippen LogP contribution is 2.61. The molecule has 0 aliphatic heterocycles. The molecule has 1 aromatic carbocycles. The molecule has 3 aliphatic rings. The Bertz CT molecular complexity index is 947. The van der Waals surface area contributed by atoms with Gasteiger partial charge in [0.1, 0.15) is 0 Å². The minimum atomic E-state index is -1.48. The van der Waals surface area contributed by atoms with E-state index in [1.165, 1.54) is 41.3 Å². The van der Waals surface area contributed by atoms with Crippen LogP contribution in [-0.2, 0) is 0 Å². The molecule has 0 fully saturated rings. The van der Waals surface area contributed by atoms with Crippen LogP contribution in [-0.4, -0.2) is 13.0 Å². The SMILES string of the molecule is C=P(C)(C1=CCC(C2=CCCCC=C2)C=C1)C1=CC=C(c2ccccc2)CC1. The molecule has 0 heterocycles. The summed E-state index contributed by atoms with van der Waals surface area (Å²) in [4.78, 5) is 0. The Kier molecular flexibility index (Phi) is 5.88. The molecule has 0 saturated carbocycles. The summed E-state index contributed by atoms with van der Waals surface area (Å²) in [5.74, 6) is 0.544. The standard InChI is InChI=1S/C27H31P/c1-28(2,27-20-16-25(17-21-27)23-12-8-5-9-13-23)26-18-14-24(15-19-26)22-10-6-3-4-7-11-22/h5-6,8-14,16,18-20,24H,1,3-4,7,15,17,21H2,2H3. The van der Waals surface area contributed by atoms with Crippen LogP contribution in [0, 0.1) is 5.92 Å². The Morgan fingerprint density at radius 3 is 2.54 bits per heavy atom. The van der Waals surface area contributed by atoms with Crippen molar-refractivity contribution in [2.24, 2.45) is 5.92 Å². The molecule has 0 nitrogen and oxygen atoms in total. The van der Waals surface area contributed by atoms with Crippen LogP contribution in [0.3, 0.4) is 0 Å². The van der Waals surface area contributed by atoms with Crippen molar-refractivity contribution >= 4 is 18.8 Å². The molecule has 0 amide bonds. The normalized spacial score (nSPS) is 24.4. The third kappa shape index (κ3) is 4.18. The molecule has 0 aromatic heterocycles. The van der Waals surface area contributed by atoms with E-state index in [4.69, 9.17) is 6.30 Å². The molecule has 0 spiro atoms. The first kappa shape index (κ1) is 19.3. The topological polar surface area (TPSA) is 0 Å². The highest BCUT2D eigenvalue weighted by atomic mass is 31.2. The van der Waals surface area contributed by atoms with Crippen LogP contribution in [0.1, 0.15) is 44.1 Å². The molecule has 1 heteroatoms. The van der Waals surface area contributed by atoms with E-state index in [0.717, 1.165) is 19.3 Å². The van der Waals surface area contributed by atoms with Crippen LogP contribution >= 0.6 is 6.89 Å². The van der Waals surface area contributed by atoms with Crippen LogP contribution in [0.4, 0.5) is 0 Å². The predicted octanol–water partition coefficient (Wildman–Crippen LogP) is 7.95. The van der Waals surface area contributed by atoms with Gasteiger partial charge in [0.15, 0.2) is 0 Å². The number of rotatable bonds is 4. The molecule has 2 unspecified atom stereocenters. The zero-order chi connectivity index (χ0) is 19.4. The van der Waals surface area contributed by atoms with Crippen LogP contribution in [0.5, 0.6) is 0 Å².